The molecule has 0 atom stereocenters. The van der Waals surface area contributed by atoms with Gasteiger partial charge in [-0.2, -0.15) is 0 Å². The van der Waals surface area contributed by atoms with Crippen molar-refractivity contribution in [1.29, 1.82) is 0 Å². The van der Waals surface area contributed by atoms with Gasteiger partial charge in [0.25, 0.3) is 0 Å². The van der Waals surface area contributed by atoms with Crippen LogP contribution >= 0.6 is 0 Å². The summed E-state index contributed by atoms with van der Waals surface area (Å²) in [6, 6.07) is 5.44. The fourth-order valence-corrected chi connectivity index (χ4v) is 2.40. The molecular weight excluding hydrogens is 290 g/mol. The lowest BCUT2D eigenvalue weighted by molar-refractivity contribution is -0.131. The molecule has 0 N–H and O–H groups in total. The first-order chi connectivity index (χ1) is 10.6. The minimum absolute atomic E-state index is 0.0744. The molecule has 114 valence electrons. The Labute approximate surface area is 126 Å². The molecule has 0 unspecified atom stereocenters. The number of hydrogen-bond donors (Lipinski definition) is 0. The van der Waals surface area contributed by atoms with Gasteiger partial charge in [0.05, 0.1) is 6.54 Å². The fourth-order valence-electron chi connectivity index (χ4n) is 2.40. The lowest BCUT2D eigenvalue weighted by atomic mass is 10.2. The van der Waals surface area contributed by atoms with E-state index in [1.54, 1.807) is 17.2 Å². The highest BCUT2D eigenvalue weighted by atomic mass is 19.2. The van der Waals surface area contributed by atoms with Crippen molar-refractivity contribution in [1.82, 2.24) is 14.9 Å². The van der Waals surface area contributed by atoms with Gasteiger partial charge in [0.2, 0.25) is 5.91 Å². The zero-order chi connectivity index (χ0) is 15.5. The molecule has 0 radical (unpaired) electrons. The van der Waals surface area contributed by atoms with Crippen LogP contribution in [0.15, 0.2) is 36.8 Å². The van der Waals surface area contributed by atoms with Gasteiger partial charge in [0.15, 0.2) is 11.6 Å². The largest absolute Gasteiger partial charge is 0.345 e. The first kappa shape index (κ1) is 14.4. The van der Waals surface area contributed by atoms with Crippen molar-refractivity contribution >= 4 is 11.7 Å². The molecule has 1 aromatic heterocycles. The highest BCUT2D eigenvalue weighted by molar-refractivity contribution is 5.82. The molecule has 7 heteroatoms. The van der Waals surface area contributed by atoms with Crippen LogP contribution in [0.4, 0.5) is 14.6 Å². The molecule has 1 amide bonds. The highest BCUT2D eigenvalue weighted by Crippen LogP contribution is 2.16. The topological polar surface area (TPSA) is 49.3 Å². The van der Waals surface area contributed by atoms with Gasteiger partial charge in [-0.05, 0) is 23.8 Å². The van der Waals surface area contributed by atoms with Crippen molar-refractivity contribution in [2.24, 2.45) is 0 Å². The van der Waals surface area contributed by atoms with Crippen molar-refractivity contribution < 1.29 is 13.6 Å². The second-order valence-corrected chi connectivity index (χ2v) is 5.05. The number of anilines is 1. The Kier molecular flexibility index (Phi) is 3.95. The molecule has 1 fully saturated rings. The molecule has 1 saturated heterocycles. The van der Waals surface area contributed by atoms with Crippen LogP contribution in [-0.2, 0) is 11.3 Å². The maximum Gasteiger partial charge on any atom is 0.242 e. The zero-order valence-electron chi connectivity index (χ0n) is 11.7. The molecule has 0 aliphatic carbocycles. The highest BCUT2D eigenvalue weighted by Gasteiger charge is 2.24. The van der Waals surface area contributed by atoms with Crippen molar-refractivity contribution in [2.45, 2.75) is 6.54 Å². The van der Waals surface area contributed by atoms with E-state index < -0.39 is 11.6 Å². The smallest absolute Gasteiger partial charge is 0.242 e. The van der Waals surface area contributed by atoms with Gasteiger partial charge in [-0.1, -0.05) is 6.07 Å². The van der Waals surface area contributed by atoms with Crippen molar-refractivity contribution in [3.05, 3.63) is 54.0 Å². The summed E-state index contributed by atoms with van der Waals surface area (Å²) in [6.45, 7) is 1.61. The number of benzene rings is 1. The van der Waals surface area contributed by atoms with Gasteiger partial charge < -0.3 is 9.80 Å². The lowest BCUT2D eigenvalue weighted by Gasteiger charge is -2.34. The Balaban J connectivity index is 1.66. The van der Waals surface area contributed by atoms with E-state index >= 15 is 0 Å². The summed E-state index contributed by atoms with van der Waals surface area (Å²) in [7, 11) is 0. The predicted molar refractivity (Wildman–Crippen MR) is 76.0 cm³/mol. The summed E-state index contributed by atoms with van der Waals surface area (Å²) in [5.41, 5.74) is 0.572. The average molecular weight is 304 g/mol. The van der Waals surface area contributed by atoms with Crippen LogP contribution in [0.25, 0.3) is 0 Å². The standard InChI is InChI=1S/C15H14F2N4O/c16-12-2-1-11(7-13(12)17)8-21-6-5-20(9-15(21)22)14-3-4-18-10-19-14/h1-4,7,10H,5-6,8-9H2. The predicted octanol–water partition coefficient (Wildman–Crippen LogP) is 1.60. The maximum absolute atomic E-state index is 13.2. The van der Waals surface area contributed by atoms with Crippen LogP contribution in [-0.4, -0.2) is 40.4 Å². The lowest BCUT2D eigenvalue weighted by Crippen LogP contribution is -2.50. The summed E-state index contributed by atoms with van der Waals surface area (Å²) in [6.07, 6.45) is 3.06. The summed E-state index contributed by atoms with van der Waals surface area (Å²) in [5, 5.41) is 0. The Hall–Kier alpha value is -2.57. The average Bonchev–Trinajstić information content (AvgIpc) is 2.54. The maximum atomic E-state index is 13.2. The van der Waals surface area contributed by atoms with E-state index in [1.165, 1.54) is 12.4 Å². The molecule has 0 saturated carbocycles. The molecule has 3 rings (SSSR count). The van der Waals surface area contributed by atoms with Gasteiger partial charge in [-0.3, -0.25) is 4.79 Å². The van der Waals surface area contributed by atoms with E-state index in [-0.39, 0.29) is 19.0 Å². The number of aromatic nitrogens is 2. The number of nitrogens with zero attached hydrogens (tertiary/aromatic N) is 4. The van der Waals surface area contributed by atoms with Crippen LogP contribution in [0.1, 0.15) is 5.56 Å². The zero-order valence-corrected chi connectivity index (χ0v) is 11.7. The summed E-state index contributed by atoms with van der Waals surface area (Å²) >= 11 is 0. The van der Waals surface area contributed by atoms with Crippen molar-refractivity contribution in [2.75, 3.05) is 24.5 Å². The third-order valence-corrected chi connectivity index (χ3v) is 3.57. The quantitative estimate of drug-likeness (QED) is 0.864. The van der Waals surface area contributed by atoms with E-state index in [0.717, 1.165) is 12.1 Å². The minimum atomic E-state index is -0.899. The Bertz CT molecular complexity index is 680. The van der Waals surface area contributed by atoms with E-state index in [4.69, 9.17) is 0 Å². The molecule has 5 nitrogen and oxygen atoms in total. The van der Waals surface area contributed by atoms with Crippen LogP contribution in [0.3, 0.4) is 0 Å². The van der Waals surface area contributed by atoms with Gasteiger partial charge in [0.1, 0.15) is 12.1 Å². The molecule has 1 aliphatic heterocycles. The minimum Gasteiger partial charge on any atom is -0.345 e. The number of carbonyl (C=O) groups excluding carboxylic acids is 1. The monoisotopic (exact) mass is 304 g/mol. The van der Waals surface area contributed by atoms with Gasteiger partial charge in [-0.15, -0.1) is 0 Å². The SMILES string of the molecule is O=C1CN(c2ccncn2)CCN1Cc1ccc(F)c(F)c1. The molecule has 2 aromatic rings. The number of amides is 1. The summed E-state index contributed by atoms with van der Waals surface area (Å²) in [5.74, 6) is -1.15. The van der Waals surface area contributed by atoms with Gasteiger partial charge in [0, 0.05) is 25.8 Å². The summed E-state index contributed by atoms with van der Waals surface area (Å²) < 4.78 is 26.1. The van der Waals surface area contributed by atoms with Gasteiger partial charge >= 0.3 is 0 Å². The second kappa shape index (κ2) is 6.05. The van der Waals surface area contributed by atoms with Crippen molar-refractivity contribution in [3.63, 3.8) is 0 Å². The van der Waals surface area contributed by atoms with E-state index in [1.807, 2.05) is 4.90 Å². The first-order valence-corrected chi connectivity index (χ1v) is 6.86. The third-order valence-electron chi connectivity index (χ3n) is 3.57. The molecule has 0 spiro atoms. The van der Waals surface area contributed by atoms with Crippen LogP contribution < -0.4 is 4.90 Å². The Morgan fingerprint density at radius 3 is 2.68 bits per heavy atom. The first-order valence-electron chi connectivity index (χ1n) is 6.86. The fraction of sp³-hybridized carbons (Fsp3) is 0.267. The van der Waals surface area contributed by atoms with E-state index in [2.05, 4.69) is 9.97 Å². The van der Waals surface area contributed by atoms with Gasteiger partial charge in [-0.25, -0.2) is 18.7 Å². The number of piperazine rings is 1. The van der Waals surface area contributed by atoms with E-state index in [9.17, 15) is 13.6 Å². The molecular formula is C15H14F2N4O. The molecule has 22 heavy (non-hydrogen) atoms. The number of rotatable bonds is 3. The molecule has 2 heterocycles. The summed E-state index contributed by atoms with van der Waals surface area (Å²) in [4.78, 5) is 23.7. The van der Waals surface area contributed by atoms with Crippen LogP contribution in [0, 0.1) is 11.6 Å². The Morgan fingerprint density at radius 1 is 1.14 bits per heavy atom. The van der Waals surface area contributed by atoms with E-state index in [0.29, 0.717) is 24.5 Å². The normalized spacial score (nSPS) is 15.3. The Morgan fingerprint density at radius 2 is 2.00 bits per heavy atom. The van der Waals surface area contributed by atoms with Crippen LogP contribution in [0.2, 0.25) is 0 Å². The number of halogens is 2. The van der Waals surface area contributed by atoms with Crippen LogP contribution in [0.5, 0.6) is 0 Å². The second-order valence-electron chi connectivity index (χ2n) is 5.05. The molecule has 0 bridgehead atoms. The third kappa shape index (κ3) is 3.03. The van der Waals surface area contributed by atoms with Crippen molar-refractivity contribution in [3.8, 4) is 0 Å². The molecule has 1 aromatic carbocycles. The number of carbonyl (C=O) groups is 1. The molecule has 1 aliphatic rings. The number of hydrogen-bond acceptors (Lipinski definition) is 4.